The smallest absolute Gasteiger partial charge is 0.137 e. The Morgan fingerprint density at radius 3 is 2.69 bits per heavy atom. The van der Waals surface area contributed by atoms with E-state index in [1.807, 2.05) is 25.2 Å². The number of hydrogen-bond acceptors (Lipinski definition) is 3. The molecule has 0 bridgehead atoms. The Morgan fingerprint density at radius 2 is 2.19 bits per heavy atom. The minimum absolute atomic E-state index is 0.267. The molecule has 0 spiro atoms. The summed E-state index contributed by atoms with van der Waals surface area (Å²) in [6.45, 7) is 3.94. The highest BCUT2D eigenvalue weighted by molar-refractivity contribution is 6.32. The van der Waals surface area contributed by atoms with E-state index in [9.17, 15) is 0 Å². The summed E-state index contributed by atoms with van der Waals surface area (Å²) in [6, 6.07) is 6.14. The summed E-state index contributed by atoms with van der Waals surface area (Å²) in [7, 11) is 3.56. The third kappa shape index (κ3) is 3.37. The van der Waals surface area contributed by atoms with Gasteiger partial charge in [0.1, 0.15) is 5.75 Å². The quantitative estimate of drug-likeness (QED) is 0.803. The minimum Gasteiger partial charge on any atom is -0.495 e. The van der Waals surface area contributed by atoms with E-state index in [2.05, 4.69) is 17.6 Å². The molecular formula is C12H19ClN2O. The van der Waals surface area contributed by atoms with E-state index in [-0.39, 0.29) is 6.04 Å². The molecule has 0 saturated carbocycles. The van der Waals surface area contributed by atoms with Crippen molar-refractivity contribution in [2.75, 3.05) is 27.2 Å². The van der Waals surface area contributed by atoms with E-state index >= 15 is 0 Å². The maximum Gasteiger partial charge on any atom is 0.137 e. The number of hydrogen-bond donors (Lipinski definition) is 2. The first kappa shape index (κ1) is 13.3. The lowest BCUT2D eigenvalue weighted by molar-refractivity contribution is 0.414. The van der Waals surface area contributed by atoms with E-state index in [0.29, 0.717) is 10.8 Å². The van der Waals surface area contributed by atoms with E-state index in [1.54, 1.807) is 7.11 Å². The lowest BCUT2D eigenvalue weighted by atomic mass is 10.1. The highest BCUT2D eigenvalue weighted by Gasteiger charge is 2.10. The first-order valence-electron chi connectivity index (χ1n) is 5.44. The van der Waals surface area contributed by atoms with Crippen molar-refractivity contribution >= 4 is 11.6 Å². The van der Waals surface area contributed by atoms with Gasteiger partial charge >= 0.3 is 0 Å². The lowest BCUT2D eigenvalue weighted by Crippen LogP contribution is -2.29. The lowest BCUT2D eigenvalue weighted by Gasteiger charge is -2.17. The number of likely N-dealkylation sites (N-methyl/N-ethyl adjacent to an activating group) is 2. The van der Waals surface area contributed by atoms with E-state index in [0.717, 1.165) is 18.7 Å². The molecule has 0 aliphatic heterocycles. The van der Waals surface area contributed by atoms with Crippen LogP contribution in [0.3, 0.4) is 0 Å². The monoisotopic (exact) mass is 242 g/mol. The van der Waals surface area contributed by atoms with Crippen LogP contribution >= 0.6 is 11.6 Å². The SMILES string of the molecule is CCNCC(NC)c1ccc(OC)c(Cl)c1. The van der Waals surface area contributed by atoms with Crippen LogP contribution in [0.2, 0.25) is 5.02 Å². The van der Waals surface area contributed by atoms with Crippen molar-refractivity contribution in [3.05, 3.63) is 28.8 Å². The fourth-order valence-electron chi connectivity index (χ4n) is 1.57. The molecule has 0 aromatic heterocycles. The Morgan fingerprint density at radius 1 is 1.44 bits per heavy atom. The first-order chi connectivity index (χ1) is 7.72. The number of methoxy groups -OCH3 is 1. The Hall–Kier alpha value is -0.770. The molecule has 4 heteroatoms. The van der Waals surface area contributed by atoms with Crippen LogP contribution in [0.5, 0.6) is 5.75 Å². The van der Waals surface area contributed by atoms with Crippen LogP contribution in [-0.4, -0.2) is 27.2 Å². The molecule has 1 aromatic rings. The molecule has 1 aromatic carbocycles. The van der Waals surface area contributed by atoms with Crippen LogP contribution in [0.15, 0.2) is 18.2 Å². The Bertz CT molecular complexity index is 331. The summed E-state index contributed by atoms with van der Waals surface area (Å²) < 4.78 is 5.13. The van der Waals surface area contributed by atoms with Gasteiger partial charge in [-0.05, 0) is 31.3 Å². The molecule has 0 fully saturated rings. The maximum absolute atomic E-state index is 6.09. The van der Waals surface area contributed by atoms with Crippen LogP contribution in [-0.2, 0) is 0 Å². The van der Waals surface area contributed by atoms with Crippen molar-refractivity contribution in [3.63, 3.8) is 0 Å². The van der Waals surface area contributed by atoms with Crippen molar-refractivity contribution in [3.8, 4) is 5.75 Å². The zero-order valence-corrected chi connectivity index (χ0v) is 10.8. The van der Waals surface area contributed by atoms with Gasteiger partial charge < -0.3 is 15.4 Å². The van der Waals surface area contributed by atoms with Gasteiger partial charge in [-0.2, -0.15) is 0 Å². The number of halogens is 1. The molecule has 90 valence electrons. The fraction of sp³-hybridized carbons (Fsp3) is 0.500. The third-order valence-electron chi connectivity index (χ3n) is 2.53. The van der Waals surface area contributed by atoms with Gasteiger partial charge in [0.05, 0.1) is 12.1 Å². The van der Waals surface area contributed by atoms with Gasteiger partial charge in [-0.25, -0.2) is 0 Å². The molecular weight excluding hydrogens is 224 g/mol. The Kier molecular flexibility index (Phi) is 5.60. The van der Waals surface area contributed by atoms with Gasteiger partial charge in [0.15, 0.2) is 0 Å². The van der Waals surface area contributed by atoms with Crippen molar-refractivity contribution in [2.24, 2.45) is 0 Å². The summed E-state index contributed by atoms with van der Waals surface area (Å²) in [4.78, 5) is 0. The Labute approximate surface area is 102 Å². The van der Waals surface area contributed by atoms with Crippen molar-refractivity contribution in [2.45, 2.75) is 13.0 Å². The van der Waals surface area contributed by atoms with Gasteiger partial charge in [-0.3, -0.25) is 0 Å². The molecule has 0 heterocycles. The summed E-state index contributed by atoms with van der Waals surface area (Å²) in [6.07, 6.45) is 0. The normalized spacial score (nSPS) is 12.5. The number of ether oxygens (including phenoxy) is 1. The highest BCUT2D eigenvalue weighted by atomic mass is 35.5. The third-order valence-corrected chi connectivity index (χ3v) is 2.82. The predicted molar refractivity (Wildman–Crippen MR) is 68.3 cm³/mol. The Balaban J connectivity index is 2.80. The molecule has 1 unspecified atom stereocenters. The van der Waals surface area contributed by atoms with Crippen LogP contribution in [0.4, 0.5) is 0 Å². The average Bonchev–Trinajstić information content (AvgIpc) is 2.30. The molecule has 0 saturated heterocycles. The van der Waals surface area contributed by atoms with Gasteiger partial charge in [0, 0.05) is 12.6 Å². The topological polar surface area (TPSA) is 33.3 Å². The van der Waals surface area contributed by atoms with Crippen LogP contribution in [0, 0.1) is 0 Å². The molecule has 1 atom stereocenters. The van der Waals surface area contributed by atoms with Crippen LogP contribution in [0.1, 0.15) is 18.5 Å². The second-order valence-electron chi connectivity index (χ2n) is 3.54. The van der Waals surface area contributed by atoms with Crippen molar-refractivity contribution < 1.29 is 4.74 Å². The molecule has 0 radical (unpaired) electrons. The average molecular weight is 243 g/mol. The molecule has 1 rings (SSSR count). The summed E-state index contributed by atoms with van der Waals surface area (Å²) in [5, 5.41) is 7.21. The number of benzene rings is 1. The molecule has 0 aliphatic rings. The molecule has 2 N–H and O–H groups in total. The van der Waals surface area contributed by atoms with Gasteiger partial charge in [0.25, 0.3) is 0 Å². The highest BCUT2D eigenvalue weighted by Crippen LogP contribution is 2.27. The van der Waals surface area contributed by atoms with E-state index < -0.39 is 0 Å². The summed E-state index contributed by atoms with van der Waals surface area (Å²) >= 11 is 6.09. The molecule has 16 heavy (non-hydrogen) atoms. The predicted octanol–water partition coefficient (Wildman–Crippen LogP) is 2.22. The molecule has 0 aliphatic carbocycles. The second-order valence-corrected chi connectivity index (χ2v) is 3.95. The second kappa shape index (κ2) is 6.74. The van der Waals surface area contributed by atoms with Gasteiger partial charge in [-0.1, -0.05) is 24.6 Å². The largest absolute Gasteiger partial charge is 0.495 e. The van der Waals surface area contributed by atoms with E-state index in [4.69, 9.17) is 16.3 Å². The molecule has 3 nitrogen and oxygen atoms in total. The van der Waals surface area contributed by atoms with Crippen molar-refractivity contribution in [1.29, 1.82) is 0 Å². The van der Waals surface area contributed by atoms with Gasteiger partial charge in [-0.15, -0.1) is 0 Å². The van der Waals surface area contributed by atoms with E-state index in [1.165, 1.54) is 0 Å². The van der Waals surface area contributed by atoms with Crippen molar-refractivity contribution in [1.82, 2.24) is 10.6 Å². The van der Waals surface area contributed by atoms with Crippen LogP contribution in [0.25, 0.3) is 0 Å². The fourth-order valence-corrected chi connectivity index (χ4v) is 1.84. The van der Waals surface area contributed by atoms with Gasteiger partial charge in [0.2, 0.25) is 0 Å². The zero-order valence-electron chi connectivity index (χ0n) is 10.0. The number of nitrogens with one attached hydrogen (secondary N) is 2. The standard InChI is InChI=1S/C12H19ClN2O/c1-4-15-8-11(14-2)9-5-6-12(16-3)10(13)7-9/h5-7,11,14-15H,4,8H2,1-3H3. The summed E-state index contributed by atoms with van der Waals surface area (Å²) in [5.74, 6) is 0.712. The van der Waals surface area contributed by atoms with Crippen LogP contribution < -0.4 is 15.4 Å². The minimum atomic E-state index is 0.267. The first-order valence-corrected chi connectivity index (χ1v) is 5.82. The zero-order chi connectivity index (χ0) is 12.0. The molecule has 0 amide bonds. The number of rotatable bonds is 6. The summed E-state index contributed by atoms with van der Waals surface area (Å²) in [5.41, 5.74) is 1.16. The maximum atomic E-state index is 6.09.